The molecular formula is C16H10N6O. The van der Waals surface area contributed by atoms with Gasteiger partial charge in [-0.05, 0) is 23.8 Å². The Morgan fingerprint density at radius 3 is 2.87 bits per heavy atom. The van der Waals surface area contributed by atoms with Crippen molar-refractivity contribution in [2.45, 2.75) is 6.54 Å². The zero-order valence-corrected chi connectivity index (χ0v) is 11.9. The average Bonchev–Trinajstić information content (AvgIpc) is 3.05. The molecule has 23 heavy (non-hydrogen) atoms. The topological polar surface area (TPSA) is 80.8 Å². The standard InChI is InChI=1S/C16H10N6O/c1-2-11-13(23-9-21-11)5-10(1)6-22-4-3-12-14-15(18-7-17-12)19-8-20-16(14)22/h1-5,7-9H,6H2. The molecule has 7 nitrogen and oxygen atoms in total. The van der Waals surface area contributed by atoms with Gasteiger partial charge >= 0.3 is 0 Å². The molecule has 110 valence electrons. The quantitative estimate of drug-likeness (QED) is 0.563. The number of oxazole rings is 1. The van der Waals surface area contributed by atoms with Crippen molar-refractivity contribution in [2.75, 3.05) is 4.90 Å². The third kappa shape index (κ3) is 1.87. The lowest BCUT2D eigenvalue weighted by Gasteiger charge is -2.23. The summed E-state index contributed by atoms with van der Waals surface area (Å²) >= 11 is 0. The zero-order valence-electron chi connectivity index (χ0n) is 11.9. The second-order valence-corrected chi connectivity index (χ2v) is 5.25. The van der Waals surface area contributed by atoms with Gasteiger partial charge in [-0.3, -0.25) is 0 Å². The van der Waals surface area contributed by atoms with Gasteiger partial charge in [0.25, 0.3) is 0 Å². The molecule has 0 unspecified atom stereocenters. The summed E-state index contributed by atoms with van der Waals surface area (Å²) in [5.74, 6) is 0.811. The number of nitrogens with zero attached hydrogens (tertiary/aromatic N) is 6. The Hall–Kier alpha value is -3.35. The van der Waals surface area contributed by atoms with Crippen LogP contribution >= 0.6 is 0 Å². The van der Waals surface area contributed by atoms with Crippen LogP contribution in [0.4, 0.5) is 5.82 Å². The Kier molecular flexibility index (Phi) is 2.43. The van der Waals surface area contributed by atoms with Crippen LogP contribution in [-0.2, 0) is 6.54 Å². The number of fused-ring (bicyclic) bond motifs is 1. The number of hydrogen-bond donors (Lipinski definition) is 0. The van der Waals surface area contributed by atoms with Crippen molar-refractivity contribution in [2.24, 2.45) is 0 Å². The summed E-state index contributed by atoms with van der Waals surface area (Å²) in [4.78, 5) is 23.3. The van der Waals surface area contributed by atoms with E-state index < -0.39 is 0 Å². The molecule has 0 fully saturated rings. The van der Waals surface area contributed by atoms with Gasteiger partial charge in [0, 0.05) is 12.7 Å². The molecular weight excluding hydrogens is 292 g/mol. The highest BCUT2D eigenvalue weighted by molar-refractivity contribution is 5.95. The van der Waals surface area contributed by atoms with E-state index in [0.717, 1.165) is 33.6 Å². The Morgan fingerprint density at radius 1 is 1.00 bits per heavy atom. The fraction of sp³-hybridized carbons (Fsp3) is 0.0625. The first kappa shape index (κ1) is 12.2. The first-order chi connectivity index (χ1) is 11.4. The molecule has 0 atom stereocenters. The Labute approximate surface area is 130 Å². The van der Waals surface area contributed by atoms with Crippen molar-refractivity contribution in [1.29, 1.82) is 0 Å². The van der Waals surface area contributed by atoms with Crippen LogP contribution in [-0.4, -0.2) is 24.9 Å². The number of hydrogen-bond acceptors (Lipinski definition) is 7. The smallest absolute Gasteiger partial charge is 0.181 e. The van der Waals surface area contributed by atoms with Crippen molar-refractivity contribution in [3.8, 4) is 0 Å². The minimum atomic E-state index is 0.653. The monoisotopic (exact) mass is 302 g/mol. The van der Waals surface area contributed by atoms with Crippen LogP contribution in [0.25, 0.3) is 28.2 Å². The molecule has 0 radical (unpaired) electrons. The lowest BCUT2D eigenvalue weighted by Crippen LogP contribution is -2.20. The lowest BCUT2D eigenvalue weighted by molar-refractivity contribution is 0.601. The molecule has 7 heteroatoms. The van der Waals surface area contributed by atoms with Gasteiger partial charge in [-0.2, -0.15) is 0 Å². The van der Waals surface area contributed by atoms with E-state index >= 15 is 0 Å². The molecule has 4 heterocycles. The largest absolute Gasteiger partial charge is 0.443 e. The molecule has 3 aromatic heterocycles. The normalized spacial score (nSPS) is 13.1. The van der Waals surface area contributed by atoms with Gasteiger partial charge in [-0.15, -0.1) is 0 Å². The van der Waals surface area contributed by atoms with E-state index in [-0.39, 0.29) is 0 Å². The van der Waals surface area contributed by atoms with Gasteiger partial charge in [0.1, 0.15) is 24.0 Å². The van der Waals surface area contributed by atoms with Crippen LogP contribution in [0.1, 0.15) is 11.3 Å². The van der Waals surface area contributed by atoms with Gasteiger partial charge in [0.2, 0.25) is 0 Å². The van der Waals surface area contributed by atoms with Crippen LogP contribution in [0.15, 0.2) is 47.9 Å². The Balaban J connectivity index is 1.59. The van der Waals surface area contributed by atoms with Crippen molar-refractivity contribution >= 4 is 34.0 Å². The maximum absolute atomic E-state index is 5.37. The minimum absolute atomic E-state index is 0.653. The molecule has 4 aromatic rings. The summed E-state index contributed by atoms with van der Waals surface area (Å²) in [5, 5.41) is 0.873. The molecule has 0 N–H and O–H groups in total. The second kappa shape index (κ2) is 4.57. The fourth-order valence-corrected chi connectivity index (χ4v) is 2.80. The van der Waals surface area contributed by atoms with Crippen LogP contribution < -0.4 is 4.90 Å². The lowest BCUT2D eigenvalue weighted by atomic mass is 10.1. The van der Waals surface area contributed by atoms with Gasteiger partial charge < -0.3 is 9.32 Å². The summed E-state index contributed by atoms with van der Waals surface area (Å²) in [6.45, 7) is 0.660. The van der Waals surface area contributed by atoms with Crippen LogP contribution in [0.3, 0.4) is 0 Å². The molecule has 1 aliphatic rings. The van der Waals surface area contributed by atoms with Gasteiger partial charge in [-0.1, -0.05) is 6.07 Å². The van der Waals surface area contributed by atoms with Gasteiger partial charge in [0.15, 0.2) is 17.6 Å². The van der Waals surface area contributed by atoms with Crippen molar-refractivity contribution in [1.82, 2.24) is 24.9 Å². The van der Waals surface area contributed by atoms with E-state index in [2.05, 4.69) is 29.8 Å². The highest BCUT2D eigenvalue weighted by atomic mass is 16.3. The maximum atomic E-state index is 5.37. The third-order valence-corrected chi connectivity index (χ3v) is 3.87. The summed E-state index contributed by atoms with van der Waals surface area (Å²) < 4.78 is 5.37. The van der Waals surface area contributed by atoms with Crippen molar-refractivity contribution in [3.05, 3.63) is 54.7 Å². The zero-order chi connectivity index (χ0) is 15.2. The highest BCUT2D eigenvalue weighted by Crippen LogP contribution is 2.30. The van der Waals surface area contributed by atoms with Crippen molar-refractivity contribution < 1.29 is 4.42 Å². The number of rotatable bonds is 2. The molecule has 5 rings (SSSR count). The summed E-state index contributed by atoms with van der Waals surface area (Å²) in [7, 11) is 0. The van der Waals surface area contributed by atoms with Crippen LogP contribution in [0, 0.1) is 0 Å². The van der Waals surface area contributed by atoms with E-state index in [1.54, 1.807) is 0 Å². The molecule has 0 aliphatic carbocycles. The average molecular weight is 302 g/mol. The van der Waals surface area contributed by atoms with E-state index in [0.29, 0.717) is 12.2 Å². The Morgan fingerprint density at radius 2 is 1.91 bits per heavy atom. The predicted molar refractivity (Wildman–Crippen MR) is 84.4 cm³/mol. The summed E-state index contributed by atoms with van der Waals surface area (Å²) in [5.41, 5.74) is 4.23. The summed E-state index contributed by atoms with van der Waals surface area (Å²) in [6.07, 6.45) is 8.43. The Bertz CT molecular complexity index is 1070. The summed E-state index contributed by atoms with van der Waals surface area (Å²) in [6, 6.07) is 5.98. The van der Waals surface area contributed by atoms with E-state index in [1.165, 1.54) is 19.0 Å². The fourth-order valence-electron chi connectivity index (χ4n) is 2.80. The minimum Gasteiger partial charge on any atom is -0.443 e. The molecule has 0 saturated carbocycles. The number of benzene rings is 1. The highest BCUT2D eigenvalue weighted by Gasteiger charge is 2.18. The molecule has 0 spiro atoms. The molecule has 0 bridgehead atoms. The molecule has 1 aromatic carbocycles. The third-order valence-electron chi connectivity index (χ3n) is 3.87. The molecule has 0 amide bonds. The van der Waals surface area contributed by atoms with Crippen LogP contribution in [0.2, 0.25) is 0 Å². The molecule has 1 aliphatic heterocycles. The first-order valence-electron chi connectivity index (χ1n) is 7.11. The van der Waals surface area contributed by atoms with Gasteiger partial charge in [0.05, 0.1) is 11.1 Å². The second-order valence-electron chi connectivity index (χ2n) is 5.25. The van der Waals surface area contributed by atoms with E-state index in [1.807, 2.05) is 30.5 Å². The maximum Gasteiger partial charge on any atom is 0.181 e. The van der Waals surface area contributed by atoms with Gasteiger partial charge in [-0.25, -0.2) is 24.9 Å². The first-order valence-corrected chi connectivity index (χ1v) is 7.11. The molecule has 0 saturated heterocycles. The number of anilines is 1. The van der Waals surface area contributed by atoms with E-state index in [4.69, 9.17) is 4.42 Å². The number of aromatic nitrogens is 5. The van der Waals surface area contributed by atoms with Crippen LogP contribution in [0.5, 0.6) is 0 Å². The SMILES string of the molecule is C1=CN(Cc2ccc3ncoc3c2)c2ncnc3ncnc1c23. The van der Waals surface area contributed by atoms with Crippen molar-refractivity contribution in [3.63, 3.8) is 0 Å². The predicted octanol–water partition coefficient (Wildman–Crippen LogP) is 2.55. The van der Waals surface area contributed by atoms with E-state index in [9.17, 15) is 0 Å².